The summed E-state index contributed by atoms with van der Waals surface area (Å²) in [5.41, 5.74) is 0.579. The Morgan fingerprint density at radius 1 is 1.33 bits per heavy atom. The van der Waals surface area contributed by atoms with Crippen molar-refractivity contribution in [2.75, 3.05) is 0 Å². The van der Waals surface area contributed by atoms with E-state index in [0.717, 1.165) is 31.4 Å². The number of hydrogen-bond donors (Lipinski definition) is 1. The van der Waals surface area contributed by atoms with Crippen LogP contribution >= 0.6 is 0 Å². The Morgan fingerprint density at radius 3 is 2.67 bits per heavy atom. The maximum atomic E-state index is 13.5. The highest BCUT2D eigenvalue weighted by Gasteiger charge is 2.39. The van der Waals surface area contributed by atoms with Gasteiger partial charge in [0.15, 0.2) is 11.6 Å². The number of carbonyl (C=O) groups is 1. The Morgan fingerprint density at radius 2 is 2.05 bits per heavy atom. The molecule has 0 bridgehead atoms. The van der Waals surface area contributed by atoms with Crippen LogP contribution in [0.4, 0.5) is 8.78 Å². The number of halogens is 2. The molecule has 1 saturated heterocycles. The molecule has 2 rings (SSSR count). The van der Waals surface area contributed by atoms with Gasteiger partial charge in [-0.2, -0.15) is 0 Å². The van der Waals surface area contributed by atoms with Crippen molar-refractivity contribution in [2.45, 2.75) is 58.3 Å². The molecule has 0 spiro atoms. The van der Waals surface area contributed by atoms with E-state index in [0.29, 0.717) is 5.56 Å². The van der Waals surface area contributed by atoms with E-state index in [1.807, 2.05) is 6.92 Å². The number of carbonyl (C=O) groups excluding carboxylic acids is 1. The number of hydrogen-bond acceptors (Lipinski definition) is 2. The van der Waals surface area contributed by atoms with Gasteiger partial charge in [0.25, 0.3) is 0 Å². The smallest absolute Gasteiger partial charge is 0.241 e. The molecule has 21 heavy (non-hydrogen) atoms. The second-order valence-corrected chi connectivity index (χ2v) is 5.70. The average Bonchev–Trinajstić information content (AvgIpc) is 2.75. The maximum Gasteiger partial charge on any atom is 0.241 e. The zero-order valence-corrected chi connectivity index (χ0v) is 12.7. The minimum absolute atomic E-state index is 0.00772. The van der Waals surface area contributed by atoms with Crippen molar-refractivity contribution in [3.8, 4) is 0 Å². The second-order valence-electron chi connectivity index (χ2n) is 5.70. The summed E-state index contributed by atoms with van der Waals surface area (Å²) < 4.78 is 26.5. The molecule has 0 aromatic heterocycles. The second kappa shape index (κ2) is 6.52. The molecule has 1 fully saturated rings. The van der Waals surface area contributed by atoms with E-state index in [-0.39, 0.29) is 18.0 Å². The van der Waals surface area contributed by atoms with Gasteiger partial charge in [0.1, 0.15) is 6.17 Å². The van der Waals surface area contributed by atoms with Crippen molar-refractivity contribution in [2.24, 2.45) is 0 Å². The topological polar surface area (TPSA) is 32.3 Å². The van der Waals surface area contributed by atoms with E-state index >= 15 is 0 Å². The zero-order valence-electron chi connectivity index (χ0n) is 12.7. The molecular formula is C16H22F2N2O. The fourth-order valence-electron chi connectivity index (χ4n) is 2.79. The molecule has 1 heterocycles. The van der Waals surface area contributed by atoms with Crippen molar-refractivity contribution >= 4 is 5.91 Å². The molecule has 0 saturated carbocycles. The fourth-order valence-corrected chi connectivity index (χ4v) is 2.79. The first kappa shape index (κ1) is 15.9. The molecule has 3 nitrogen and oxygen atoms in total. The largest absolute Gasteiger partial charge is 0.319 e. The van der Waals surface area contributed by atoms with E-state index < -0.39 is 17.8 Å². The van der Waals surface area contributed by atoms with Crippen LogP contribution in [0.5, 0.6) is 0 Å². The Kier molecular flexibility index (Phi) is 4.93. The van der Waals surface area contributed by atoms with Crippen molar-refractivity contribution < 1.29 is 13.6 Å². The number of amides is 1. The molecule has 1 aliphatic heterocycles. The van der Waals surface area contributed by atoms with Gasteiger partial charge in [-0.1, -0.05) is 25.8 Å². The summed E-state index contributed by atoms with van der Waals surface area (Å²) in [5, 5.41) is 3.16. The summed E-state index contributed by atoms with van der Waals surface area (Å²) >= 11 is 0. The normalized spacial score (nSPS) is 23.7. The molecule has 0 aliphatic carbocycles. The van der Waals surface area contributed by atoms with E-state index in [1.54, 1.807) is 11.8 Å². The Balaban J connectivity index is 2.26. The number of nitrogens with one attached hydrogen (secondary N) is 1. The summed E-state index contributed by atoms with van der Waals surface area (Å²) in [7, 11) is 0. The number of unbranched alkanes of at least 4 members (excludes halogenated alkanes) is 1. The van der Waals surface area contributed by atoms with Gasteiger partial charge >= 0.3 is 0 Å². The summed E-state index contributed by atoms with van der Waals surface area (Å²) in [5.74, 6) is -1.75. The summed E-state index contributed by atoms with van der Waals surface area (Å²) in [6.45, 7) is 5.90. The summed E-state index contributed by atoms with van der Waals surface area (Å²) in [4.78, 5) is 14.1. The standard InChI is InChI=1S/C16H22F2N2O/c1-4-5-6-10(2)20-15(19-11(3)16(20)21)12-7-8-13(17)14(18)9-12/h7-11,15,19H,4-6H2,1-3H3. The predicted octanol–water partition coefficient (Wildman–Crippen LogP) is 3.36. The Hall–Kier alpha value is -1.49. The predicted molar refractivity (Wildman–Crippen MR) is 77.5 cm³/mol. The van der Waals surface area contributed by atoms with Crippen molar-refractivity contribution in [1.29, 1.82) is 0 Å². The molecule has 1 aromatic rings. The SMILES string of the molecule is CCCCC(C)N1C(=O)C(C)NC1c1ccc(F)c(F)c1. The van der Waals surface area contributed by atoms with Gasteiger partial charge in [-0.05, 0) is 38.0 Å². The van der Waals surface area contributed by atoms with Crippen LogP contribution in [0.1, 0.15) is 51.8 Å². The Bertz CT molecular complexity index is 521. The first-order valence-electron chi connectivity index (χ1n) is 7.48. The molecule has 1 amide bonds. The first-order chi connectivity index (χ1) is 9.95. The van der Waals surface area contributed by atoms with E-state index in [4.69, 9.17) is 0 Å². The molecular weight excluding hydrogens is 274 g/mol. The third-order valence-electron chi connectivity index (χ3n) is 4.02. The zero-order chi connectivity index (χ0) is 15.6. The molecule has 1 N–H and O–H groups in total. The lowest BCUT2D eigenvalue weighted by molar-refractivity contribution is -0.131. The van der Waals surface area contributed by atoms with Gasteiger partial charge in [-0.25, -0.2) is 8.78 Å². The van der Waals surface area contributed by atoms with Gasteiger partial charge < -0.3 is 4.90 Å². The van der Waals surface area contributed by atoms with E-state index in [9.17, 15) is 13.6 Å². The maximum absolute atomic E-state index is 13.5. The van der Waals surface area contributed by atoms with Crippen molar-refractivity contribution in [3.63, 3.8) is 0 Å². The minimum atomic E-state index is -0.887. The van der Waals surface area contributed by atoms with Crippen LogP contribution in [-0.2, 0) is 4.79 Å². The van der Waals surface area contributed by atoms with E-state index in [2.05, 4.69) is 12.2 Å². The quantitative estimate of drug-likeness (QED) is 0.903. The molecule has 116 valence electrons. The summed E-state index contributed by atoms with van der Waals surface area (Å²) in [6.07, 6.45) is 2.60. The number of benzene rings is 1. The van der Waals surface area contributed by atoms with Crippen molar-refractivity contribution in [1.82, 2.24) is 10.2 Å². The van der Waals surface area contributed by atoms with Crippen LogP contribution in [0.3, 0.4) is 0 Å². The molecule has 1 aliphatic rings. The Labute approximate surface area is 124 Å². The third-order valence-corrected chi connectivity index (χ3v) is 4.02. The lowest BCUT2D eigenvalue weighted by Gasteiger charge is -2.30. The van der Waals surface area contributed by atoms with Gasteiger partial charge in [0.05, 0.1) is 6.04 Å². The lowest BCUT2D eigenvalue weighted by Crippen LogP contribution is -2.38. The van der Waals surface area contributed by atoms with Gasteiger partial charge in [0.2, 0.25) is 5.91 Å². The van der Waals surface area contributed by atoms with Crippen molar-refractivity contribution in [3.05, 3.63) is 35.4 Å². The highest BCUT2D eigenvalue weighted by molar-refractivity contribution is 5.84. The van der Waals surface area contributed by atoms with Crippen LogP contribution in [-0.4, -0.2) is 22.9 Å². The summed E-state index contributed by atoms with van der Waals surface area (Å²) in [6, 6.07) is 3.55. The lowest BCUT2D eigenvalue weighted by atomic mass is 10.1. The van der Waals surface area contributed by atoms with Gasteiger partial charge in [-0.15, -0.1) is 0 Å². The average molecular weight is 296 g/mol. The first-order valence-corrected chi connectivity index (χ1v) is 7.48. The highest BCUT2D eigenvalue weighted by Crippen LogP contribution is 2.29. The van der Waals surface area contributed by atoms with Crippen LogP contribution in [0, 0.1) is 11.6 Å². The third kappa shape index (κ3) is 3.23. The number of nitrogens with zero attached hydrogens (tertiary/aromatic N) is 1. The van der Waals surface area contributed by atoms with Gasteiger partial charge in [0, 0.05) is 6.04 Å². The highest BCUT2D eigenvalue weighted by atomic mass is 19.2. The van der Waals surface area contributed by atoms with Crippen LogP contribution in [0.2, 0.25) is 0 Å². The van der Waals surface area contributed by atoms with E-state index in [1.165, 1.54) is 6.07 Å². The molecule has 5 heteroatoms. The molecule has 3 unspecified atom stereocenters. The minimum Gasteiger partial charge on any atom is -0.319 e. The molecule has 3 atom stereocenters. The monoisotopic (exact) mass is 296 g/mol. The molecule has 1 aromatic carbocycles. The fraction of sp³-hybridized carbons (Fsp3) is 0.562. The van der Waals surface area contributed by atoms with Crippen LogP contribution in [0.25, 0.3) is 0 Å². The van der Waals surface area contributed by atoms with Crippen LogP contribution in [0.15, 0.2) is 18.2 Å². The number of rotatable bonds is 5. The molecule has 0 radical (unpaired) electrons. The van der Waals surface area contributed by atoms with Gasteiger partial charge in [-0.3, -0.25) is 10.1 Å². The van der Waals surface area contributed by atoms with Crippen LogP contribution < -0.4 is 5.32 Å².